The predicted molar refractivity (Wildman–Crippen MR) is 101 cm³/mol. The lowest BCUT2D eigenvalue weighted by atomic mass is 10.1. The summed E-state index contributed by atoms with van der Waals surface area (Å²) >= 11 is 0. The summed E-state index contributed by atoms with van der Waals surface area (Å²) in [7, 11) is 0. The number of anilines is 1. The molecule has 2 aromatic rings. The van der Waals surface area contributed by atoms with Crippen molar-refractivity contribution in [2.75, 3.05) is 25.1 Å². The van der Waals surface area contributed by atoms with Gasteiger partial charge in [0.15, 0.2) is 18.1 Å². The minimum atomic E-state index is -1.03. The van der Waals surface area contributed by atoms with Crippen molar-refractivity contribution in [3.05, 3.63) is 47.5 Å². The largest absolute Gasteiger partial charge is 0.486 e. The van der Waals surface area contributed by atoms with E-state index < -0.39 is 12.6 Å². The van der Waals surface area contributed by atoms with E-state index in [4.69, 9.17) is 19.3 Å². The van der Waals surface area contributed by atoms with Gasteiger partial charge in [-0.25, -0.2) is 4.79 Å². The van der Waals surface area contributed by atoms with E-state index in [0.29, 0.717) is 24.7 Å². The van der Waals surface area contributed by atoms with E-state index in [2.05, 4.69) is 5.32 Å². The minimum absolute atomic E-state index is 0.0257. The maximum absolute atomic E-state index is 12.6. The van der Waals surface area contributed by atoms with Crippen LogP contribution in [0.2, 0.25) is 0 Å². The highest BCUT2D eigenvalue weighted by atomic mass is 16.6. The number of fused-ring (bicyclic) bond motifs is 1. The van der Waals surface area contributed by atoms with Crippen LogP contribution in [0, 0.1) is 12.8 Å². The molecular formula is C21H21NO6. The topological polar surface area (TPSA) is 94.1 Å². The molecule has 7 nitrogen and oxygen atoms in total. The van der Waals surface area contributed by atoms with Crippen molar-refractivity contribution in [1.29, 1.82) is 0 Å². The number of carboxylic acids is 1. The predicted octanol–water partition coefficient (Wildman–Crippen LogP) is 2.97. The normalized spacial score (nSPS) is 19.6. The van der Waals surface area contributed by atoms with E-state index in [0.717, 1.165) is 29.0 Å². The van der Waals surface area contributed by atoms with Crippen molar-refractivity contribution in [3.63, 3.8) is 0 Å². The Morgan fingerprint density at radius 2 is 1.93 bits per heavy atom. The number of carboxylic acid groups (broad SMARTS) is 1. The number of hydrogen-bond donors (Lipinski definition) is 2. The maximum Gasteiger partial charge on any atom is 0.341 e. The van der Waals surface area contributed by atoms with Crippen LogP contribution in [0.25, 0.3) is 0 Å². The van der Waals surface area contributed by atoms with Crippen LogP contribution in [0.1, 0.15) is 23.5 Å². The molecule has 146 valence electrons. The van der Waals surface area contributed by atoms with Crippen molar-refractivity contribution < 1.29 is 28.9 Å². The van der Waals surface area contributed by atoms with E-state index in [1.165, 1.54) is 0 Å². The van der Waals surface area contributed by atoms with Gasteiger partial charge in [0.2, 0.25) is 5.91 Å². The molecule has 1 saturated carbocycles. The molecule has 1 fully saturated rings. The molecule has 1 heterocycles. The summed E-state index contributed by atoms with van der Waals surface area (Å²) in [6.07, 6.45) is 0.796. The number of hydrogen-bond acceptors (Lipinski definition) is 5. The van der Waals surface area contributed by atoms with Gasteiger partial charge in [-0.1, -0.05) is 6.07 Å². The number of ether oxygens (including phenoxy) is 3. The van der Waals surface area contributed by atoms with Crippen LogP contribution in [0.15, 0.2) is 36.4 Å². The Labute approximate surface area is 162 Å². The first-order chi connectivity index (χ1) is 13.5. The quantitative estimate of drug-likeness (QED) is 0.797. The summed E-state index contributed by atoms with van der Waals surface area (Å²) in [6, 6.07) is 10.9. The van der Waals surface area contributed by atoms with Gasteiger partial charge in [0, 0.05) is 11.6 Å². The van der Waals surface area contributed by atoms with Crippen LogP contribution >= 0.6 is 0 Å². The Balaban J connectivity index is 1.38. The van der Waals surface area contributed by atoms with Gasteiger partial charge >= 0.3 is 5.97 Å². The molecule has 28 heavy (non-hydrogen) atoms. The molecule has 2 aromatic carbocycles. The highest BCUT2D eigenvalue weighted by Gasteiger charge is 2.44. The molecule has 2 N–H and O–H groups in total. The molecular weight excluding hydrogens is 362 g/mol. The number of rotatable bonds is 6. The average molecular weight is 383 g/mol. The number of carbonyl (C=O) groups excluding carboxylic acids is 1. The highest BCUT2D eigenvalue weighted by molar-refractivity contribution is 5.96. The van der Waals surface area contributed by atoms with Gasteiger partial charge in [-0.2, -0.15) is 0 Å². The first kappa shape index (κ1) is 18.2. The van der Waals surface area contributed by atoms with E-state index in [1.807, 2.05) is 25.1 Å². The fourth-order valence-electron chi connectivity index (χ4n) is 3.38. The van der Waals surface area contributed by atoms with Crippen LogP contribution in [0.4, 0.5) is 5.69 Å². The average Bonchev–Trinajstić information content (AvgIpc) is 3.49. The van der Waals surface area contributed by atoms with Crippen LogP contribution in [0.3, 0.4) is 0 Å². The maximum atomic E-state index is 12.6. The molecule has 2 aliphatic rings. The van der Waals surface area contributed by atoms with Crippen molar-refractivity contribution in [2.24, 2.45) is 5.92 Å². The summed E-state index contributed by atoms with van der Waals surface area (Å²) in [4.78, 5) is 23.2. The Kier molecular flexibility index (Phi) is 4.81. The van der Waals surface area contributed by atoms with Crippen LogP contribution in [0.5, 0.6) is 17.2 Å². The zero-order chi connectivity index (χ0) is 19.7. The monoisotopic (exact) mass is 383 g/mol. The second-order valence-electron chi connectivity index (χ2n) is 7.00. The summed E-state index contributed by atoms with van der Waals surface area (Å²) in [6.45, 7) is 2.54. The van der Waals surface area contributed by atoms with Gasteiger partial charge < -0.3 is 24.6 Å². The first-order valence-corrected chi connectivity index (χ1v) is 9.17. The summed E-state index contributed by atoms with van der Waals surface area (Å²) in [5.41, 5.74) is 2.59. The summed E-state index contributed by atoms with van der Waals surface area (Å²) < 4.78 is 16.3. The lowest BCUT2D eigenvalue weighted by Crippen LogP contribution is -2.16. The molecule has 1 aliphatic carbocycles. The Morgan fingerprint density at radius 3 is 2.68 bits per heavy atom. The van der Waals surface area contributed by atoms with E-state index in [9.17, 15) is 9.59 Å². The molecule has 7 heteroatoms. The molecule has 1 aliphatic heterocycles. The number of nitrogens with one attached hydrogen (secondary N) is 1. The second-order valence-corrected chi connectivity index (χ2v) is 7.00. The zero-order valence-electron chi connectivity index (χ0n) is 15.4. The third-order valence-electron chi connectivity index (χ3n) is 4.94. The van der Waals surface area contributed by atoms with Gasteiger partial charge in [-0.3, -0.25) is 4.79 Å². The number of carbonyl (C=O) groups is 2. The molecule has 2 atom stereocenters. The second kappa shape index (κ2) is 7.42. The Hall–Kier alpha value is -3.22. The SMILES string of the molecule is Cc1cc(OCC(=O)O)ccc1NC(=O)[C@@H]1C[C@H]1c1ccc2c(c1)OCCO2. The molecule has 0 aromatic heterocycles. The van der Waals surface area contributed by atoms with Gasteiger partial charge in [0.1, 0.15) is 19.0 Å². The van der Waals surface area contributed by atoms with Crippen molar-refractivity contribution in [1.82, 2.24) is 0 Å². The van der Waals surface area contributed by atoms with E-state index >= 15 is 0 Å². The summed E-state index contributed by atoms with van der Waals surface area (Å²) in [5.74, 6) is 0.980. The number of aryl methyl sites for hydroxylation is 1. The smallest absolute Gasteiger partial charge is 0.341 e. The van der Waals surface area contributed by atoms with Crippen molar-refractivity contribution in [2.45, 2.75) is 19.3 Å². The van der Waals surface area contributed by atoms with Crippen LogP contribution < -0.4 is 19.5 Å². The zero-order valence-corrected chi connectivity index (χ0v) is 15.4. The number of amides is 1. The lowest BCUT2D eigenvalue weighted by Gasteiger charge is -2.18. The molecule has 4 rings (SSSR count). The number of benzene rings is 2. The van der Waals surface area contributed by atoms with Gasteiger partial charge in [-0.05, 0) is 60.7 Å². The third kappa shape index (κ3) is 3.88. The summed E-state index contributed by atoms with van der Waals surface area (Å²) in [5, 5.41) is 11.6. The van der Waals surface area contributed by atoms with E-state index in [1.54, 1.807) is 18.2 Å². The molecule has 0 bridgehead atoms. The van der Waals surface area contributed by atoms with Crippen LogP contribution in [-0.4, -0.2) is 36.8 Å². The van der Waals surface area contributed by atoms with Gasteiger partial charge in [-0.15, -0.1) is 0 Å². The fraction of sp³-hybridized carbons (Fsp3) is 0.333. The minimum Gasteiger partial charge on any atom is -0.486 e. The van der Waals surface area contributed by atoms with Gasteiger partial charge in [0.25, 0.3) is 0 Å². The Bertz CT molecular complexity index is 925. The molecule has 0 spiro atoms. The Morgan fingerprint density at radius 1 is 1.14 bits per heavy atom. The standard InChI is InChI=1S/C21H21NO6/c1-12-8-14(28-11-20(23)24)3-4-17(12)22-21(25)16-10-15(16)13-2-5-18-19(9-13)27-7-6-26-18/h2-5,8-9,15-16H,6-7,10-11H2,1H3,(H,22,25)(H,23,24)/t15-,16+/m0/s1. The third-order valence-corrected chi connectivity index (χ3v) is 4.94. The lowest BCUT2D eigenvalue weighted by molar-refractivity contribution is -0.139. The fourth-order valence-corrected chi connectivity index (χ4v) is 3.38. The highest BCUT2D eigenvalue weighted by Crippen LogP contribution is 2.49. The molecule has 0 unspecified atom stereocenters. The number of aliphatic carboxylic acids is 1. The molecule has 0 saturated heterocycles. The molecule has 0 radical (unpaired) electrons. The van der Waals surface area contributed by atoms with Crippen molar-refractivity contribution >= 4 is 17.6 Å². The van der Waals surface area contributed by atoms with Gasteiger partial charge in [0.05, 0.1) is 0 Å². The van der Waals surface area contributed by atoms with E-state index in [-0.39, 0.29) is 17.7 Å². The van der Waals surface area contributed by atoms with Crippen molar-refractivity contribution in [3.8, 4) is 17.2 Å². The van der Waals surface area contributed by atoms with Crippen LogP contribution in [-0.2, 0) is 9.59 Å². The molecule has 1 amide bonds. The first-order valence-electron chi connectivity index (χ1n) is 9.17.